The van der Waals surface area contributed by atoms with Gasteiger partial charge in [-0.1, -0.05) is 23.2 Å². The molecule has 12 heteroatoms. The summed E-state index contributed by atoms with van der Waals surface area (Å²) in [4.78, 5) is 4.84. The van der Waals surface area contributed by atoms with Gasteiger partial charge in [-0.05, 0) is 76.9 Å². The zero-order valence-electron chi connectivity index (χ0n) is 20.3. The van der Waals surface area contributed by atoms with Crippen LogP contribution >= 0.6 is 23.2 Å². The van der Waals surface area contributed by atoms with Crippen molar-refractivity contribution in [1.82, 2.24) is 18.4 Å². The van der Waals surface area contributed by atoms with Gasteiger partial charge in [0.15, 0.2) is 0 Å². The summed E-state index contributed by atoms with van der Waals surface area (Å²) in [5.41, 5.74) is 0. The van der Waals surface area contributed by atoms with Crippen LogP contribution in [0.1, 0.15) is 38.5 Å². The Morgan fingerprint density at radius 1 is 0.914 bits per heavy atom. The molecule has 8 nitrogen and oxygen atoms in total. The van der Waals surface area contributed by atoms with Gasteiger partial charge < -0.3 is 4.90 Å². The highest BCUT2D eigenvalue weighted by molar-refractivity contribution is 7.89. The zero-order valence-corrected chi connectivity index (χ0v) is 23.4. The predicted octanol–water partition coefficient (Wildman–Crippen LogP) is 2.97. The van der Waals surface area contributed by atoms with Crippen molar-refractivity contribution in [2.75, 3.05) is 58.6 Å². The first-order chi connectivity index (χ1) is 16.6. The van der Waals surface area contributed by atoms with Crippen LogP contribution in [0.5, 0.6) is 0 Å². The monoisotopic (exact) mass is 566 g/mol. The molecule has 3 heterocycles. The molecule has 0 N–H and O–H groups in total. The van der Waals surface area contributed by atoms with E-state index in [1.807, 2.05) is 0 Å². The third-order valence-electron chi connectivity index (χ3n) is 7.61. The molecule has 0 saturated carbocycles. The quantitative estimate of drug-likeness (QED) is 0.481. The summed E-state index contributed by atoms with van der Waals surface area (Å²) < 4.78 is 55.6. The molecule has 0 aliphatic carbocycles. The molecular weight excluding hydrogens is 531 g/mol. The van der Waals surface area contributed by atoms with E-state index in [1.54, 1.807) is 4.31 Å². The lowest BCUT2D eigenvalue weighted by Crippen LogP contribution is -2.54. The van der Waals surface area contributed by atoms with Crippen molar-refractivity contribution in [2.24, 2.45) is 0 Å². The molecule has 35 heavy (non-hydrogen) atoms. The fourth-order valence-corrected chi connectivity index (χ4v) is 9.54. The van der Waals surface area contributed by atoms with Crippen LogP contribution in [-0.4, -0.2) is 106 Å². The van der Waals surface area contributed by atoms with E-state index in [-0.39, 0.29) is 21.7 Å². The van der Waals surface area contributed by atoms with Crippen molar-refractivity contribution in [3.05, 3.63) is 28.2 Å². The van der Waals surface area contributed by atoms with Gasteiger partial charge in [0.05, 0.1) is 10.8 Å². The number of benzene rings is 1. The van der Waals surface area contributed by atoms with Gasteiger partial charge in [-0.2, -0.15) is 8.61 Å². The fraction of sp³-hybridized carbons (Fsp3) is 0.739. The van der Waals surface area contributed by atoms with Crippen molar-refractivity contribution in [2.45, 2.75) is 55.5 Å². The van der Waals surface area contributed by atoms with E-state index in [4.69, 9.17) is 23.2 Å². The van der Waals surface area contributed by atoms with Gasteiger partial charge in [0, 0.05) is 49.8 Å². The Morgan fingerprint density at radius 2 is 1.60 bits per heavy atom. The SMILES string of the molecule is CN1CCC(N2CCN(S(=O)(=O)CCC[C@H]3CCCN3S(=O)(=O)c3ccc(Cl)cc3Cl)CC2)CC1. The van der Waals surface area contributed by atoms with Crippen LogP contribution < -0.4 is 0 Å². The maximum atomic E-state index is 13.2. The molecule has 3 fully saturated rings. The predicted molar refractivity (Wildman–Crippen MR) is 140 cm³/mol. The number of rotatable bonds is 8. The van der Waals surface area contributed by atoms with Crippen molar-refractivity contribution < 1.29 is 16.8 Å². The second-order valence-corrected chi connectivity index (χ2v) is 14.7. The second kappa shape index (κ2) is 11.5. The van der Waals surface area contributed by atoms with Crippen molar-refractivity contribution in [3.8, 4) is 0 Å². The summed E-state index contributed by atoms with van der Waals surface area (Å²) in [5.74, 6) is 0.0489. The molecular formula is C23H36Cl2N4O4S2. The van der Waals surface area contributed by atoms with Crippen molar-refractivity contribution >= 4 is 43.2 Å². The third-order valence-corrected chi connectivity index (χ3v) is 12.2. The molecule has 0 unspecified atom stereocenters. The number of piperidine rings is 1. The lowest BCUT2D eigenvalue weighted by Gasteiger charge is -2.41. The molecule has 3 aliphatic rings. The average molecular weight is 568 g/mol. The minimum absolute atomic E-state index is 0.0468. The molecule has 0 bridgehead atoms. The number of piperazine rings is 1. The largest absolute Gasteiger partial charge is 0.306 e. The Kier molecular flexibility index (Phi) is 9.07. The van der Waals surface area contributed by atoms with Gasteiger partial charge in [0.25, 0.3) is 0 Å². The lowest BCUT2D eigenvalue weighted by molar-refractivity contribution is 0.0892. The van der Waals surface area contributed by atoms with Crippen LogP contribution in [0.2, 0.25) is 10.0 Å². The number of hydrogen-bond donors (Lipinski definition) is 0. The van der Waals surface area contributed by atoms with Crippen LogP contribution in [0, 0.1) is 0 Å². The summed E-state index contributed by atoms with van der Waals surface area (Å²) in [7, 11) is -4.98. The normalized spacial score (nSPS) is 24.8. The molecule has 198 valence electrons. The smallest absolute Gasteiger partial charge is 0.244 e. The fourth-order valence-electron chi connectivity index (χ4n) is 5.56. The highest BCUT2D eigenvalue weighted by atomic mass is 35.5. The second-order valence-electron chi connectivity index (χ2n) is 9.91. The van der Waals surface area contributed by atoms with Crippen LogP contribution in [0.3, 0.4) is 0 Å². The molecule has 1 atom stereocenters. The van der Waals surface area contributed by atoms with Gasteiger partial charge in [-0.15, -0.1) is 0 Å². The molecule has 3 aliphatic heterocycles. The van der Waals surface area contributed by atoms with E-state index < -0.39 is 20.0 Å². The standard InChI is InChI=1S/C23H36Cl2N4O4S2/c1-26-11-8-20(9-12-26)27-13-15-28(16-14-27)34(30,31)17-3-5-21-4-2-10-29(21)35(32,33)23-7-6-19(24)18-22(23)25/h6-7,18,20-21H,2-5,8-17H2,1H3/t21-/m1/s1. The molecule has 0 radical (unpaired) electrons. The minimum atomic E-state index is -3.77. The Bertz CT molecular complexity index is 1090. The topological polar surface area (TPSA) is 81.2 Å². The highest BCUT2D eigenvalue weighted by Crippen LogP contribution is 2.33. The molecule has 0 aromatic heterocycles. The van der Waals surface area contributed by atoms with Gasteiger partial charge in [-0.3, -0.25) is 4.90 Å². The summed E-state index contributed by atoms with van der Waals surface area (Å²) >= 11 is 12.1. The van der Waals surface area contributed by atoms with Crippen LogP contribution in [0.25, 0.3) is 0 Å². The molecule has 4 rings (SSSR count). The highest BCUT2D eigenvalue weighted by Gasteiger charge is 2.37. The lowest BCUT2D eigenvalue weighted by atomic mass is 10.0. The average Bonchev–Trinajstić information content (AvgIpc) is 3.29. The Labute approximate surface area is 220 Å². The Morgan fingerprint density at radius 3 is 2.26 bits per heavy atom. The number of likely N-dealkylation sites (tertiary alicyclic amines) is 1. The first-order valence-electron chi connectivity index (χ1n) is 12.5. The first-order valence-corrected chi connectivity index (χ1v) is 16.3. The number of nitrogens with zero attached hydrogens (tertiary/aromatic N) is 4. The van der Waals surface area contributed by atoms with E-state index in [1.165, 1.54) is 22.5 Å². The number of sulfonamides is 2. The summed E-state index contributed by atoms with van der Waals surface area (Å²) in [6.07, 6.45) is 4.71. The van der Waals surface area contributed by atoms with Crippen LogP contribution in [-0.2, 0) is 20.0 Å². The minimum Gasteiger partial charge on any atom is -0.306 e. The maximum absolute atomic E-state index is 13.2. The number of hydrogen-bond acceptors (Lipinski definition) is 6. The summed E-state index contributed by atoms with van der Waals surface area (Å²) in [6.45, 7) is 5.25. The van der Waals surface area contributed by atoms with E-state index in [0.717, 1.165) is 51.9 Å². The van der Waals surface area contributed by atoms with Crippen LogP contribution in [0.15, 0.2) is 23.1 Å². The van der Waals surface area contributed by atoms with E-state index in [9.17, 15) is 16.8 Å². The zero-order chi connectivity index (χ0) is 25.2. The van der Waals surface area contributed by atoms with E-state index in [0.29, 0.717) is 43.5 Å². The number of halogens is 2. The van der Waals surface area contributed by atoms with Crippen LogP contribution in [0.4, 0.5) is 0 Å². The molecule has 1 aromatic carbocycles. The Hall–Kier alpha value is -0.460. The van der Waals surface area contributed by atoms with Gasteiger partial charge in [-0.25, -0.2) is 16.8 Å². The summed E-state index contributed by atoms with van der Waals surface area (Å²) in [6, 6.07) is 4.72. The van der Waals surface area contributed by atoms with E-state index >= 15 is 0 Å². The van der Waals surface area contributed by atoms with Crippen molar-refractivity contribution in [3.63, 3.8) is 0 Å². The van der Waals surface area contributed by atoms with Gasteiger partial charge >= 0.3 is 0 Å². The van der Waals surface area contributed by atoms with Gasteiger partial charge in [0.1, 0.15) is 4.90 Å². The maximum Gasteiger partial charge on any atom is 0.244 e. The van der Waals surface area contributed by atoms with Crippen molar-refractivity contribution in [1.29, 1.82) is 0 Å². The molecule has 1 aromatic rings. The molecule has 0 amide bonds. The summed E-state index contributed by atoms with van der Waals surface area (Å²) in [5, 5.41) is 0.481. The molecule has 0 spiro atoms. The van der Waals surface area contributed by atoms with E-state index in [2.05, 4.69) is 16.8 Å². The third kappa shape index (κ3) is 6.52. The Balaban J connectivity index is 1.28. The molecule has 3 saturated heterocycles. The van der Waals surface area contributed by atoms with Gasteiger partial charge in [0.2, 0.25) is 20.0 Å². The first kappa shape index (κ1) is 27.6.